The number of fused-ring (bicyclic) bond motifs is 2. The molecule has 3 aromatic carbocycles. The average molecular weight is 760 g/mol. The van der Waals surface area contributed by atoms with Crippen LogP contribution in [0.25, 0.3) is 33.4 Å². The van der Waals surface area contributed by atoms with E-state index >= 15 is 0 Å². The first kappa shape index (κ1) is 38.6. The zero-order valence-corrected chi connectivity index (χ0v) is 26.9. The van der Waals surface area contributed by atoms with E-state index in [9.17, 15) is 86.9 Å². The number of halogens is 9. The first-order valence-electron chi connectivity index (χ1n) is 14.7. The highest BCUT2D eigenvalue weighted by molar-refractivity contribution is 6.32. The fraction of sp³-hybridized carbons (Fsp3) is 0.0789. The molecule has 0 fully saturated rings. The molecule has 0 aromatic heterocycles. The van der Waals surface area contributed by atoms with E-state index in [0.717, 1.165) is 6.07 Å². The molecule has 266 valence electrons. The summed E-state index contributed by atoms with van der Waals surface area (Å²) in [4.78, 5) is 0. The quantitative estimate of drug-likeness (QED) is 0.180. The minimum Gasteiger partial charge on any atom is -0.192 e. The van der Waals surface area contributed by atoms with Crippen molar-refractivity contribution in [3.8, 4) is 54.6 Å². The number of benzene rings is 3. The first-order chi connectivity index (χ1) is 26.3. The molecule has 9 nitrogen and oxygen atoms in total. The van der Waals surface area contributed by atoms with Gasteiger partial charge in [0, 0.05) is 44.5 Å². The summed E-state index contributed by atoms with van der Waals surface area (Å²) < 4.78 is 126. The summed E-state index contributed by atoms with van der Waals surface area (Å²) in [5.41, 5.74) is -19.4. The molecule has 56 heavy (non-hydrogen) atoms. The largest absolute Gasteiger partial charge is 0.417 e. The Morgan fingerprint density at radius 2 is 0.786 bits per heavy atom. The van der Waals surface area contributed by atoms with E-state index in [4.69, 9.17) is 0 Å². The molecule has 0 unspecified atom stereocenters. The van der Waals surface area contributed by atoms with Crippen LogP contribution in [0.1, 0.15) is 66.8 Å². The molecule has 18 heteroatoms. The average Bonchev–Trinajstić information content (AvgIpc) is 3.67. The zero-order valence-electron chi connectivity index (χ0n) is 26.9. The summed E-state index contributed by atoms with van der Waals surface area (Å²) in [6, 6.07) is 16.2. The van der Waals surface area contributed by atoms with E-state index in [0.29, 0.717) is 18.2 Å². The van der Waals surface area contributed by atoms with Crippen LogP contribution in [-0.4, -0.2) is 0 Å². The van der Waals surface area contributed by atoms with Gasteiger partial charge in [-0.2, -0.15) is 86.9 Å². The van der Waals surface area contributed by atoms with E-state index in [-0.39, 0.29) is 12.1 Å². The van der Waals surface area contributed by atoms with Crippen LogP contribution in [0, 0.1) is 102 Å². The van der Waals surface area contributed by atoms with E-state index in [1.54, 1.807) is 24.3 Å². The third-order valence-corrected chi connectivity index (χ3v) is 8.55. The molecule has 0 aliphatic heterocycles. The summed E-state index contributed by atoms with van der Waals surface area (Å²) in [6.45, 7) is 0. The van der Waals surface area contributed by atoms with Crippen LogP contribution in [0.2, 0.25) is 0 Å². The van der Waals surface area contributed by atoms with Gasteiger partial charge in [0.05, 0.1) is 50.6 Å². The SMILES string of the molecule is N#CC(C#N)=C1C(c2ccc(C#N)c(C(F)(F)F)c2)=C(C#N)c2c(C#N)c3c(c(C#N)c21)C(C#N)=C(c1ccc(C(F)(F)F)c(C(F)(F)F)c1)C3=C(C#N)C#N. The van der Waals surface area contributed by atoms with Gasteiger partial charge in [-0.15, -0.1) is 0 Å². The van der Waals surface area contributed by atoms with Crippen LogP contribution >= 0.6 is 0 Å². The lowest BCUT2D eigenvalue weighted by molar-refractivity contribution is -0.162. The molecule has 0 spiro atoms. The Balaban J connectivity index is 2.08. The maximum absolute atomic E-state index is 14.1. The molecule has 0 heterocycles. The molecule has 5 rings (SSSR count). The van der Waals surface area contributed by atoms with Gasteiger partial charge in [0.2, 0.25) is 0 Å². The fourth-order valence-corrected chi connectivity index (χ4v) is 6.51. The molecule has 2 aliphatic rings. The molecule has 0 atom stereocenters. The maximum atomic E-state index is 14.1. The van der Waals surface area contributed by atoms with Crippen molar-refractivity contribution >= 4 is 33.4 Å². The second-order valence-electron chi connectivity index (χ2n) is 11.3. The first-order valence-corrected chi connectivity index (χ1v) is 14.7. The number of allylic oxidation sites excluding steroid dienone is 8. The van der Waals surface area contributed by atoms with Gasteiger partial charge in [-0.25, -0.2) is 0 Å². The second-order valence-corrected chi connectivity index (χ2v) is 11.3. The summed E-state index contributed by atoms with van der Waals surface area (Å²) in [5.74, 6) is 0. The van der Waals surface area contributed by atoms with Crippen molar-refractivity contribution in [1.29, 1.82) is 47.4 Å². The summed E-state index contributed by atoms with van der Waals surface area (Å²) >= 11 is 0. The summed E-state index contributed by atoms with van der Waals surface area (Å²) in [5, 5.41) is 91.6. The molecule has 3 aromatic rings. The van der Waals surface area contributed by atoms with Crippen molar-refractivity contribution in [2.24, 2.45) is 0 Å². The number of nitrogens with zero attached hydrogens (tertiary/aromatic N) is 9. The third-order valence-electron chi connectivity index (χ3n) is 8.55. The highest BCUT2D eigenvalue weighted by Gasteiger charge is 2.46. The lowest BCUT2D eigenvalue weighted by atomic mass is 9.82. The molecule has 0 saturated carbocycles. The van der Waals surface area contributed by atoms with E-state index in [2.05, 4.69) is 0 Å². The topological polar surface area (TPSA) is 214 Å². The molecule has 0 saturated heterocycles. The van der Waals surface area contributed by atoms with Crippen LogP contribution in [0.5, 0.6) is 0 Å². The number of nitriles is 9. The number of hydrogen-bond acceptors (Lipinski definition) is 9. The van der Waals surface area contributed by atoms with Crippen LogP contribution < -0.4 is 0 Å². The van der Waals surface area contributed by atoms with Crippen molar-refractivity contribution in [3.05, 3.63) is 114 Å². The van der Waals surface area contributed by atoms with Gasteiger partial charge in [-0.1, -0.05) is 12.1 Å². The summed E-state index contributed by atoms with van der Waals surface area (Å²) in [6.07, 6.45) is -16.4. The van der Waals surface area contributed by atoms with Gasteiger partial charge in [-0.05, 0) is 35.4 Å². The lowest BCUT2D eigenvalue weighted by Gasteiger charge is -2.18. The Kier molecular flexibility index (Phi) is 9.26. The minimum absolute atomic E-state index is 0.0120. The van der Waals surface area contributed by atoms with Crippen molar-refractivity contribution in [3.63, 3.8) is 0 Å². The van der Waals surface area contributed by atoms with Crippen LogP contribution in [0.3, 0.4) is 0 Å². The van der Waals surface area contributed by atoms with Gasteiger partial charge in [0.15, 0.2) is 0 Å². The van der Waals surface area contributed by atoms with Gasteiger partial charge in [-0.3, -0.25) is 0 Å². The van der Waals surface area contributed by atoms with Gasteiger partial charge < -0.3 is 0 Å². The molecule has 0 radical (unpaired) electrons. The normalized spacial score (nSPS) is 13.1. The van der Waals surface area contributed by atoms with Crippen LogP contribution in [0.15, 0.2) is 47.5 Å². The Hall–Kier alpha value is -8.60. The van der Waals surface area contributed by atoms with E-state index < -0.39 is 130 Å². The van der Waals surface area contributed by atoms with E-state index in [1.807, 2.05) is 0 Å². The molecule has 0 bridgehead atoms. The van der Waals surface area contributed by atoms with Crippen molar-refractivity contribution < 1.29 is 39.5 Å². The minimum atomic E-state index is -5.68. The molecular formula is C38H6F9N9. The van der Waals surface area contributed by atoms with Crippen molar-refractivity contribution in [2.75, 3.05) is 0 Å². The smallest absolute Gasteiger partial charge is 0.192 e. The Morgan fingerprint density at radius 1 is 0.411 bits per heavy atom. The number of hydrogen-bond donors (Lipinski definition) is 0. The highest BCUT2D eigenvalue weighted by atomic mass is 19.4. The molecular weight excluding hydrogens is 753 g/mol. The molecule has 2 aliphatic carbocycles. The van der Waals surface area contributed by atoms with Crippen LogP contribution in [-0.2, 0) is 18.5 Å². The van der Waals surface area contributed by atoms with Crippen LogP contribution in [0.4, 0.5) is 39.5 Å². The highest BCUT2D eigenvalue weighted by Crippen LogP contribution is 2.58. The zero-order chi connectivity index (χ0) is 41.7. The standard InChI is InChI=1S/C38H6F9N9/c39-36(40,41)25-4-3-17(6-27(25)38(45,46)47)29-22(13-54)33-24(15-56)34-30(19(8-49)9-50)28(16-1-2-18(7-48)26(5-16)37(42,43)44)21(12-53)32(34)23(14-55)35(33)31(29)20(10-51)11-52/h1-6H. The lowest BCUT2D eigenvalue weighted by Crippen LogP contribution is -2.16. The monoisotopic (exact) mass is 759 g/mol. The number of alkyl halides is 9. The molecule has 0 amide bonds. The van der Waals surface area contributed by atoms with Gasteiger partial charge in [0.25, 0.3) is 0 Å². The van der Waals surface area contributed by atoms with Gasteiger partial charge in [0.1, 0.15) is 59.7 Å². The Morgan fingerprint density at radius 3 is 1.11 bits per heavy atom. The van der Waals surface area contributed by atoms with E-state index in [1.165, 1.54) is 30.3 Å². The summed E-state index contributed by atoms with van der Waals surface area (Å²) in [7, 11) is 0. The molecule has 0 N–H and O–H groups in total. The number of rotatable bonds is 2. The third kappa shape index (κ3) is 5.69. The maximum Gasteiger partial charge on any atom is 0.417 e. The fourth-order valence-electron chi connectivity index (χ4n) is 6.51. The predicted molar refractivity (Wildman–Crippen MR) is 170 cm³/mol. The Bertz CT molecular complexity index is 2880. The second kappa shape index (κ2) is 13.4. The van der Waals surface area contributed by atoms with Gasteiger partial charge >= 0.3 is 18.5 Å². The Labute approximate surface area is 307 Å². The predicted octanol–water partition coefficient (Wildman–Crippen LogP) is 8.86. The van der Waals surface area contributed by atoms with Crippen molar-refractivity contribution in [1.82, 2.24) is 0 Å². The van der Waals surface area contributed by atoms with Crippen molar-refractivity contribution in [2.45, 2.75) is 18.5 Å².